The highest BCUT2D eigenvalue weighted by atomic mass is 16.1. The van der Waals surface area contributed by atoms with Crippen molar-refractivity contribution in [1.82, 2.24) is 19.9 Å². The van der Waals surface area contributed by atoms with Crippen molar-refractivity contribution < 1.29 is 4.79 Å². The molecular weight excluding hydrogens is 428 g/mol. The predicted molar refractivity (Wildman–Crippen MR) is 130 cm³/mol. The van der Waals surface area contributed by atoms with Crippen LogP contribution >= 0.6 is 0 Å². The zero-order valence-electron chi connectivity index (χ0n) is 18.3. The van der Waals surface area contributed by atoms with E-state index in [-0.39, 0.29) is 17.1 Å². The van der Waals surface area contributed by atoms with Crippen molar-refractivity contribution in [3.05, 3.63) is 90.4 Å². The summed E-state index contributed by atoms with van der Waals surface area (Å²) < 4.78 is 0. The van der Waals surface area contributed by atoms with Crippen LogP contribution in [-0.2, 0) is 0 Å². The Kier molecular flexibility index (Phi) is 5.60. The number of anilines is 3. The van der Waals surface area contributed by atoms with Crippen LogP contribution in [0.4, 0.5) is 17.5 Å². The molecule has 170 valence electrons. The fourth-order valence-electron chi connectivity index (χ4n) is 3.81. The van der Waals surface area contributed by atoms with Gasteiger partial charge >= 0.3 is 0 Å². The number of nitrogens with two attached hydrogens (primary N) is 2. The van der Waals surface area contributed by atoms with Crippen molar-refractivity contribution in [2.75, 3.05) is 10.6 Å². The van der Waals surface area contributed by atoms with E-state index in [1.165, 1.54) is 6.20 Å². The molecule has 0 spiro atoms. The largest absolute Gasteiger partial charge is 0.365 e. The van der Waals surface area contributed by atoms with Gasteiger partial charge in [0.15, 0.2) is 5.82 Å². The first kappa shape index (κ1) is 21.5. The third kappa shape index (κ3) is 4.55. The summed E-state index contributed by atoms with van der Waals surface area (Å²) in [7, 11) is 0. The number of benzene rings is 2. The average Bonchev–Trinajstić information content (AvgIpc) is 3.62. The molecule has 5 rings (SSSR count). The smallest absolute Gasteiger partial charge is 0.254 e. The van der Waals surface area contributed by atoms with Crippen LogP contribution < -0.4 is 22.1 Å². The molecule has 1 atom stereocenters. The first-order valence-corrected chi connectivity index (χ1v) is 10.9. The summed E-state index contributed by atoms with van der Waals surface area (Å²) >= 11 is 0. The van der Waals surface area contributed by atoms with Crippen LogP contribution in [-0.4, -0.2) is 31.4 Å². The van der Waals surface area contributed by atoms with Gasteiger partial charge in [0.25, 0.3) is 5.91 Å². The van der Waals surface area contributed by atoms with Crippen molar-refractivity contribution in [3.8, 4) is 11.4 Å². The predicted octanol–water partition coefficient (Wildman–Crippen LogP) is 3.42. The molecule has 0 bridgehead atoms. The molecule has 0 saturated heterocycles. The second-order valence-electron chi connectivity index (χ2n) is 8.32. The molecule has 1 saturated carbocycles. The van der Waals surface area contributed by atoms with Gasteiger partial charge in [0.05, 0.1) is 6.04 Å². The lowest BCUT2D eigenvalue weighted by Gasteiger charge is -2.25. The van der Waals surface area contributed by atoms with Gasteiger partial charge in [-0.25, -0.2) is 15.0 Å². The van der Waals surface area contributed by atoms with Crippen LogP contribution in [0.3, 0.4) is 0 Å². The number of nitrogens with one attached hydrogen (secondary N) is 2. The summed E-state index contributed by atoms with van der Waals surface area (Å²) in [6.45, 7) is 0. The highest BCUT2D eigenvalue weighted by molar-refractivity contribution is 5.98. The number of nitrogens with zero attached hydrogens (tertiary/aromatic N) is 4. The molecule has 2 aromatic heterocycles. The second-order valence-corrected chi connectivity index (χ2v) is 8.32. The molecule has 1 aliphatic carbocycles. The van der Waals surface area contributed by atoms with E-state index in [1.807, 2.05) is 54.6 Å². The van der Waals surface area contributed by atoms with Gasteiger partial charge in [-0.2, -0.15) is 4.98 Å². The number of aromatic nitrogens is 4. The lowest BCUT2D eigenvalue weighted by Crippen LogP contribution is -2.36. The molecule has 1 aliphatic rings. The Morgan fingerprint density at radius 2 is 1.74 bits per heavy atom. The van der Waals surface area contributed by atoms with Crippen LogP contribution in [0.5, 0.6) is 0 Å². The first-order valence-electron chi connectivity index (χ1n) is 10.9. The maximum atomic E-state index is 12.1. The maximum Gasteiger partial charge on any atom is 0.254 e. The summed E-state index contributed by atoms with van der Waals surface area (Å²) in [5.41, 5.74) is 14.5. The zero-order chi connectivity index (χ0) is 23.5. The Balaban J connectivity index is 1.45. The van der Waals surface area contributed by atoms with Crippen LogP contribution in [0.1, 0.15) is 34.8 Å². The number of rotatable bonds is 8. The van der Waals surface area contributed by atoms with E-state index in [0.29, 0.717) is 23.3 Å². The number of hydrogen-bond donors (Lipinski definition) is 4. The molecule has 0 aliphatic heterocycles. The van der Waals surface area contributed by atoms with E-state index in [1.54, 1.807) is 18.5 Å². The van der Waals surface area contributed by atoms with E-state index < -0.39 is 5.91 Å². The van der Waals surface area contributed by atoms with Gasteiger partial charge in [0.2, 0.25) is 5.95 Å². The Morgan fingerprint density at radius 1 is 0.971 bits per heavy atom. The highest BCUT2D eigenvalue weighted by Crippen LogP contribution is 2.45. The summed E-state index contributed by atoms with van der Waals surface area (Å²) in [5, 5.41) is 6.56. The fraction of sp³-hybridized carbons (Fsp3) is 0.160. The molecule has 2 aromatic carbocycles. The van der Waals surface area contributed by atoms with Gasteiger partial charge in [-0.3, -0.25) is 4.79 Å². The van der Waals surface area contributed by atoms with Gasteiger partial charge in [0.1, 0.15) is 11.4 Å². The molecule has 1 amide bonds. The third-order valence-corrected chi connectivity index (χ3v) is 5.81. The summed E-state index contributed by atoms with van der Waals surface area (Å²) in [4.78, 5) is 29.6. The van der Waals surface area contributed by atoms with E-state index in [0.717, 1.165) is 24.0 Å². The van der Waals surface area contributed by atoms with Crippen LogP contribution in [0.25, 0.3) is 11.4 Å². The number of carbonyl (C=O) groups excluding carboxylic acids is 1. The van der Waals surface area contributed by atoms with E-state index >= 15 is 0 Å². The third-order valence-electron chi connectivity index (χ3n) is 5.81. The van der Waals surface area contributed by atoms with Crippen LogP contribution in [0, 0.1) is 0 Å². The Morgan fingerprint density at radius 3 is 2.44 bits per heavy atom. The molecule has 1 fully saturated rings. The van der Waals surface area contributed by atoms with Gasteiger partial charge in [-0.05, 0) is 36.6 Å². The van der Waals surface area contributed by atoms with Gasteiger partial charge in [-0.15, -0.1) is 0 Å². The number of amides is 1. The molecule has 4 aromatic rings. The van der Waals surface area contributed by atoms with Crippen molar-refractivity contribution in [3.63, 3.8) is 0 Å². The number of hydrogen-bond acceptors (Lipinski definition) is 8. The minimum absolute atomic E-state index is 0.167. The lowest BCUT2D eigenvalue weighted by atomic mass is 9.98. The first-order chi connectivity index (χ1) is 16.5. The summed E-state index contributed by atoms with van der Waals surface area (Å²) in [5.74, 6) is 0.605. The average molecular weight is 453 g/mol. The Labute approximate surface area is 196 Å². The van der Waals surface area contributed by atoms with Crippen LogP contribution in [0.15, 0.2) is 79.3 Å². The highest BCUT2D eigenvalue weighted by Gasteiger charge is 2.47. The van der Waals surface area contributed by atoms with Gasteiger partial charge in [-0.1, -0.05) is 42.5 Å². The lowest BCUT2D eigenvalue weighted by molar-refractivity contribution is 0.100. The molecule has 2 heterocycles. The minimum Gasteiger partial charge on any atom is -0.365 e. The molecule has 34 heavy (non-hydrogen) atoms. The Bertz CT molecular complexity index is 1310. The SMILES string of the molecule is NC(=O)c1cnc(NC(c2ccccc2)C2(N)CC2)nc1Nc1cccc(-c2ncccn2)c1. The molecule has 9 nitrogen and oxygen atoms in total. The Hall–Kier alpha value is -4.37. The molecule has 6 N–H and O–H groups in total. The van der Waals surface area contributed by atoms with Crippen molar-refractivity contribution >= 4 is 23.4 Å². The zero-order valence-corrected chi connectivity index (χ0v) is 18.3. The van der Waals surface area contributed by atoms with Gasteiger partial charge in [0, 0.05) is 35.4 Å². The summed E-state index contributed by atoms with van der Waals surface area (Å²) in [6, 6.07) is 19.1. The standard InChI is InChI=1S/C25H24N8O/c26-21(34)19-15-30-24(32-20(25(27)10-11-25)16-6-2-1-3-7-16)33-23(19)31-18-9-4-8-17(14-18)22-28-12-5-13-29-22/h1-9,12-15,20H,10-11,27H2,(H2,26,34)(H2,30,31,32,33). The second kappa shape index (κ2) is 8.87. The topological polar surface area (TPSA) is 145 Å². The fourth-order valence-corrected chi connectivity index (χ4v) is 3.81. The molecule has 1 unspecified atom stereocenters. The van der Waals surface area contributed by atoms with Crippen LogP contribution in [0.2, 0.25) is 0 Å². The molecule has 9 heteroatoms. The van der Waals surface area contributed by atoms with Gasteiger partial charge < -0.3 is 22.1 Å². The molecule has 0 radical (unpaired) electrons. The van der Waals surface area contributed by atoms with Crippen molar-refractivity contribution in [2.45, 2.75) is 24.4 Å². The quantitative estimate of drug-likeness (QED) is 0.318. The number of primary amides is 1. The van der Waals surface area contributed by atoms with E-state index in [4.69, 9.17) is 11.5 Å². The normalized spacial score (nSPS) is 14.7. The van der Waals surface area contributed by atoms with E-state index in [2.05, 4.69) is 30.6 Å². The molecular formula is C25H24N8O. The van der Waals surface area contributed by atoms with Crippen molar-refractivity contribution in [1.29, 1.82) is 0 Å². The number of carbonyl (C=O) groups is 1. The van der Waals surface area contributed by atoms with E-state index in [9.17, 15) is 4.79 Å². The monoisotopic (exact) mass is 452 g/mol. The minimum atomic E-state index is -0.631. The maximum absolute atomic E-state index is 12.1. The summed E-state index contributed by atoms with van der Waals surface area (Å²) in [6.07, 6.45) is 6.59. The van der Waals surface area contributed by atoms with Crippen molar-refractivity contribution in [2.24, 2.45) is 11.5 Å².